The molecule has 0 saturated carbocycles. The van der Waals surface area contributed by atoms with Gasteiger partial charge in [-0.1, -0.05) is 6.58 Å². The van der Waals surface area contributed by atoms with Gasteiger partial charge in [0.05, 0.1) is 0 Å². The van der Waals surface area contributed by atoms with Gasteiger partial charge in [-0.2, -0.15) is 8.42 Å². The Bertz CT molecular complexity index is 349. The minimum atomic E-state index is -4.68. The monoisotopic (exact) mass is 208 g/mol. The van der Waals surface area contributed by atoms with E-state index in [2.05, 4.69) is 15.5 Å². The molecule has 1 atom stereocenters. The van der Waals surface area contributed by atoms with Crippen molar-refractivity contribution in [2.24, 2.45) is 0 Å². The lowest BCUT2D eigenvalue weighted by Crippen LogP contribution is -2.31. The van der Waals surface area contributed by atoms with Crippen LogP contribution in [0.1, 0.15) is 6.92 Å². The maximum Gasteiger partial charge on any atom is 0.400 e. The molecule has 1 rings (SSSR count). The van der Waals surface area contributed by atoms with E-state index in [-0.39, 0.29) is 12.2 Å². The molecule has 0 spiro atoms. The number of epoxide rings is 1. The molecule has 13 heavy (non-hydrogen) atoms. The second-order valence-corrected chi connectivity index (χ2v) is 3.68. The molecular formula is C6H8O6S. The number of ether oxygens (including phenoxy) is 1. The van der Waals surface area contributed by atoms with Crippen molar-refractivity contribution in [2.45, 2.75) is 12.7 Å². The van der Waals surface area contributed by atoms with Gasteiger partial charge in [0.25, 0.3) is 5.79 Å². The second kappa shape index (κ2) is 2.88. The highest BCUT2D eigenvalue weighted by atomic mass is 32.3. The maximum atomic E-state index is 11.2. The first kappa shape index (κ1) is 10.3. The molecule has 0 aromatic heterocycles. The van der Waals surface area contributed by atoms with Gasteiger partial charge < -0.3 is 4.74 Å². The average Bonchev–Trinajstić information content (AvgIpc) is 2.64. The lowest BCUT2D eigenvalue weighted by atomic mass is 10.1. The van der Waals surface area contributed by atoms with E-state index < -0.39 is 22.0 Å². The molecule has 0 bridgehead atoms. The van der Waals surface area contributed by atoms with Crippen LogP contribution in [0.3, 0.4) is 0 Å². The third-order valence-electron chi connectivity index (χ3n) is 1.38. The lowest BCUT2D eigenvalue weighted by molar-refractivity contribution is -0.130. The third kappa shape index (κ3) is 2.34. The summed E-state index contributed by atoms with van der Waals surface area (Å²) in [7, 11) is -4.68. The van der Waals surface area contributed by atoms with Crippen LogP contribution >= 0.6 is 0 Å². The Morgan fingerprint density at radius 2 is 2.15 bits per heavy atom. The highest BCUT2D eigenvalue weighted by molar-refractivity contribution is 7.81. The number of carbonyl (C=O) groups excluding carboxylic acids is 1. The molecule has 1 unspecified atom stereocenters. The molecule has 0 radical (unpaired) electrons. The van der Waals surface area contributed by atoms with Crippen LogP contribution in [0.15, 0.2) is 12.2 Å². The zero-order valence-corrected chi connectivity index (χ0v) is 7.63. The summed E-state index contributed by atoms with van der Waals surface area (Å²) in [5, 5.41) is 0. The van der Waals surface area contributed by atoms with Gasteiger partial charge in [-0.25, -0.2) is 4.18 Å². The fourth-order valence-electron chi connectivity index (χ4n) is 0.778. The van der Waals surface area contributed by atoms with Gasteiger partial charge in [-0.3, -0.25) is 9.35 Å². The van der Waals surface area contributed by atoms with Crippen molar-refractivity contribution in [2.75, 3.05) is 6.61 Å². The van der Waals surface area contributed by atoms with E-state index in [0.717, 1.165) is 0 Å². The summed E-state index contributed by atoms with van der Waals surface area (Å²) >= 11 is 0. The standard InChI is InChI=1S/C6H8O6S/c1-4(2)5(7)6(3-11-6)12-13(8,9)10/h1,3H2,2H3,(H,8,9,10). The van der Waals surface area contributed by atoms with E-state index in [1.807, 2.05) is 0 Å². The summed E-state index contributed by atoms with van der Waals surface area (Å²) in [5.41, 5.74) is 0.0983. The SMILES string of the molecule is C=C(C)C(=O)C1(OS(=O)(=O)O)CO1. The Balaban J connectivity index is 2.80. The topological polar surface area (TPSA) is 93.2 Å². The van der Waals surface area contributed by atoms with Gasteiger partial charge in [0.15, 0.2) is 0 Å². The normalized spacial score (nSPS) is 26.9. The van der Waals surface area contributed by atoms with Crippen molar-refractivity contribution in [1.29, 1.82) is 0 Å². The maximum absolute atomic E-state index is 11.2. The van der Waals surface area contributed by atoms with Crippen molar-refractivity contribution in [1.82, 2.24) is 0 Å². The molecule has 1 aliphatic rings. The van der Waals surface area contributed by atoms with Crippen LogP contribution in [-0.2, 0) is 24.1 Å². The highest BCUT2D eigenvalue weighted by Gasteiger charge is 2.57. The molecule has 0 aromatic carbocycles. The summed E-state index contributed by atoms with van der Waals surface area (Å²) in [6.45, 7) is 4.50. The van der Waals surface area contributed by atoms with Crippen LogP contribution in [0.4, 0.5) is 0 Å². The van der Waals surface area contributed by atoms with Crippen molar-refractivity contribution >= 4 is 16.2 Å². The van der Waals surface area contributed by atoms with E-state index in [4.69, 9.17) is 4.55 Å². The van der Waals surface area contributed by atoms with Crippen LogP contribution in [0, 0.1) is 0 Å². The molecule has 1 saturated heterocycles. The van der Waals surface area contributed by atoms with E-state index in [0.29, 0.717) is 0 Å². The van der Waals surface area contributed by atoms with Crippen molar-refractivity contribution in [3.05, 3.63) is 12.2 Å². The summed E-state index contributed by atoms with van der Waals surface area (Å²) in [6, 6.07) is 0. The number of rotatable bonds is 4. The zero-order chi connectivity index (χ0) is 10.3. The highest BCUT2D eigenvalue weighted by Crippen LogP contribution is 2.33. The van der Waals surface area contributed by atoms with Crippen LogP contribution in [-0.4, -0.2) is 31.1 Å². The van der Waals surface area contributed by atoms with Gasteiger partial charge in [0, 0.05) is 0 Å². The molecule has 0 aromatic rings. The predicted octanol–water partition coefficient (Wildman–Crippen LogP) is -0.323. The molecule has 6 nitrogen and oxygen atoms in total. The van der Waals surface area contributed by atoms with Crippen LogP contribution in [0.2, 0.25) is 0 Å². The molecule has 1 heterocycles. The van der Waals surface area contributed by atoms with E-state index in [9.17, 15) is 13.2 Å². The van der Waals surface area contributed by atoms with Crippen molar-refractivity contribution in [3.8, 4) is 0 Å². The first-order valence-electron chi connectivity index (χ1n) is 3.29. The van der Waals surface area contributed by atoms with Crippen LogP contribution < -0.4 is 0 Å². The molecule has 0 aliphatic carbocycles. The summed E-state index contributed by atoms with van der Waals surface area (Å²) < 4.78 is 37.5. The Labute approximate surface area is 75.1 Å². The van der Waals surface area contributed by atoms with Crippen molar-refractivity contribution < 1.29 is 26.7 Å². The Kier molecular flexibility index (Phi) is 2.28. The quantitative estimate of drug-likeness (QED) is 0.386. The van der Waals surface area contributed by atoms with Crippen LogP contribution in [0.25, 0.3) is 0 Å². The van der Waals surface area contributed by atoms with Gasteiger partial charge in [0.2, 0.25) is 5.78 Å². The zero-order valence-electron chi connectivity index (χ0n) is 6.81. The molecule has 1 fully saturated rings. The number of hydrogen-bond acceptors (Lipinski definition) is 5. The summed E-state index contributed by atoms with van der Waals surface area (Å²) in [6.07, 6.45) is 0. The van der Waals surface area contributed by atoms with Gasteiger partial charge in [-0.05, 0) is 12.5 Å². The lowest BCUT2D eigenvalue weighted by Gasteiger charge is -2.07. The molecule has 1 N–H and O–H groups in total. The fourth-order valence-corrected chi connectivity index (χ4v) is 1.29. The minimum Gasteiger partial charge on any atom is -0.334 e. The fraction of sp³-hybridized carbons (Fsp3) is 0.500. The Morgan fingerprint density at radius 1 is 1.69 bits per heavy atom. The first-order valence-corrected chi connectivity index (χ1v) is 4.66. The van der Waals surface area contributed by atoms with E-state index in [1.165, 1.54) is 6.92 Å². The Hall–Kier alpha value is -0.760. The number of ketones is 1. The van der Waals surface area contributed by atoms with Crippen LogP contribution in [0.5, 0.6) is 0 Å². The van der Waals surface area contributed by atoms with Gasteiger partial charge in [0.1, 0.15) is 6.61 Å². The smallest absolute Gasteiger partial charge is 0.334 e. The molecule has 0 amide bonds. The van der Waals surface area contributed by atoms with Gasteiger partial charge in [-0.15, -0.1) is 0 Å². The number of carbonyl (C=O) groups is 1. The van der Waals surface area contributed by atoms with E-state index >= 15 is 0 Å². The largest absolute Gasteiger partial charge is 0.400 e. The number of Topliss-reactive ketones (excluding diaryl/α,β-unsaturated/α-hetero) is 1. The minimum absolute atomic E-state index is 0.0983. The third-order valence-corrected chi connectivity index (χ3v) is 1.86. The number of hydrogen-bond donors (Lipinski definition) is 1. The molecular weight excluding hydrogens is 200 g/mol. The first-order chi connectivity index (χ1) is 5.77. The van der Waals surface area contributed by atoms with Gasteiger partial charge >= 0.3 is 10.4 Å². The average molecular weight is 208 g/mol. The molecule has 74 valence electrons. The second-order valence-electron chi connectivity index (χ2n) is 2.66. The molecule has 7 heteroatoms. The Morgan fingerprint density at radius 3 is 2.38 bits per heavy atom. The summed E-state index contributed by atoms with van der Waals surface area (Å²) in [4.78, 5) is 11.2. The van der Waals surface area contributed by atoms with Crippen molar-refractivity contribution in [3.63, 3.8) is 0 Å². The molecule has 1 aliphatic heterocycles. The summed E-state index contributed by atoms with van der Waals surface area (Å²) in [5.74, 6) is -2.55. The predicted molar refractivity (Wildman–Crippen MR) is 41.1 cm³/mol. The van der Waals surface area contributed by atoms with E-state index in [1.54, 1.807) is 0 Å².